The number of halogens is 3. The van der Waals surface area contributed by atoms with Gasteiger partial charge in [-0.05, 0) is 26.8 Å². The van der Waals surface area contributed by atoms with Gasteiger partial charge in [-0.15, -0.1) is 0 Å². The summed E-state index contributed by atoms with van der Waals surface area (Å²) in [6, 6.07) is 0.827. The van der Waals surface area contributed by atoms with Gasteiger partial charge in [-0.3, -0.25) is 9.48 Å². The molecule has 25 heavy (non-hydrogen) atoms. The van der Waals surface area contributed by atoms with Crippen LogP contribution in [0.4, 0.5) is 18.0 Å². The first kappa shape index (κ1) is 19.1. The smallest absolute Gasteiger partial charge is 0.435 e. The minimum atomic E-state index is -4.53. The van der Waals surface area contributed by atoms with Crippen LogP contribution >= 0.6 is 0 Å². The number of hydrogen-bond donors (Lipinski definition) is 0. The lowest BCUT2D eigenvalue weighted by molar-refractivity contribution is -0.142. The number of ether oxygens (including phenoxy) is 1. The highest BCUT2D eigenvalue weighted by Gasteiger charge is 2.34. The van der Waals surface area contributed by atoms with Crippen molar-refractivity contribution in [1.29, 1.82) is 0 Å². The molecule has 0 atom stereocenters. The molecule has 140 valence electrons. The Bertz CT molecular complexity index is 629. The zero-order valence-corrected chi connectivity index (χ0v) is 14.3. The first-order valence-corrected chi connectivity index (χ1v) is 7.82. The Kier molecular flexibility index (Phi) is 5.28. The Morgan fingerprint density at radius 2 is 1.68 bits per heavy atom. The second-order valence-electron chi connectivity index (χ2n) is 6.74. The van der Waals surface area contributed by atoms with E-state index in [1.54, 1.807) is 20.8 Å². The molecule has 1 aliphatic rings. The van der Waals surface area contributed by atoms with Crippen LogP contribution in [0, 0.1) is 0 Å². The lowest BCUT2D eigenvalue weighted by Gasteiger charge is -2.35. The summed E-state index contributed by atoms with van der Waals surface area (Å²) >= 11 is 0. The maximum atomic E-state index is 12.5. The zero-order valence-electron chi connectivity index (χ0n) is 14.3. The third-order valence-corrected chi connectivity index (χ3v) is 3.51. The molecule has 0 bridgehead atoms. The molecule has 0 aliphatic carbocycles. The van der Waals surface area contributed by atoms with Gasteiger partial charge >= 0.3 is 12.3 Å². The highest BCUT2D eigenvalue weighted by Crippen LogP contribution is 2.27. The number of alkyl halides is 3. The van der Waals surface area contributed by atoms with Crippen molar-refractivity contribution in [3.05, 3.63) is 18.0 Å². The number of carbonyl (C=O) groups is 2. The SMILES string of the molecule is CC(C)(C)OC(=O)N1CCN(C(=O)Cn2ccc(C(F)(F)F)n2)CC1. The summed E-state index contributed by atoms with van der Waals surface area (Å²) in [6.45, 7) is 6.25. The second kappa shape index (κ2) is 6.93. The molecule has 0 spiro atoms. The molecule has 1 aromatic heterocycles. The van der Waals surface area contributed by atoms with E-state index in [1.807, 2.05) is 0 Å². The van der Waals surface area contributed by atoms with E-state index in [0.29, 0.717) is 26.2 Å². The topological polar surface area (TPSA) is 67.7 Å². The van der Waals surface area contributed by atoms with Crippen LogP contribution in [0.25, 0.3) is 0 Å². The molecule has 1 aromatic rings. The van der Waals surface area contributed by atoms with Gasteiger partial charge in [0.15, 0.2) is 5.69 Å². The van der Waals surface area contributed by atoms with Crippen molar-refractivity contribution < 1.29 is 27.5 Å². The van der Waals surface area contributed by atoms with Crippen molar-refractivity contribution >= 4 is 12.0 Å². The normalized spacial score (nSPS) is 16.1. The lowest BCUT2D eigenvalue weighted by atomic mass is 10.2. The molecule has 0 radical (unpaired) electrons. The van der Waals surface area contributed by atoms with E-state index in [2.05, 4.69) is 5.10 Å². The van der Waals surface area contributed by atoms with Crippen molar-refractivity contribution in [3.63, 3.8) is 0 Å². The maximum Gasteiger partial charge on any atom is 0.435 e. The molecule has 0 saturated carbocycles. The van der Waals surface area contributed by atoms with E-state index < -0.39 is 23.6 Å². The lowest BCUT2D eigenvalue weighted by Crippen LogP contribution is -2.52. The Hall–Kier alpha value is -2.26. The van der Waals surface area contributed by atoms with Crippen molar-refractivity contribution in [1.82, 2.24) is 19.6 Å². The molecule has 2 rings (SSSR count). The van der Waals surface area contributed by atoms with Crippen molar-refractivity contribution in [2.75, 3.05) is 26.2 Å². The highest BCUT2D eigenvalue weighted by atomic mass is 19.4. The molecular weight excluding hydrogens is 341 g/mol. The Balaban J connectivity index is 1.85. The Labute approximate surface area is 143 Å². The van der Waals surface area contributed by atoms with Crippen LogP contribution in [0.2, 0.25) is 0 Å². The summed E-state index contributed by atoms with van der Waals surface area (Å²) in [5, 5.41) is 3.36. The molecule has 2 amide bonds. The molecule has 1 aliphatic heterocycles. The summed E-state index contributed by atoms with van der Waals surface area (Å²) in [5.41, 5.74) is -1.63. The fourth-order valence-electron chi connectivity index (χ4n) is 2.30. The van der Waals surface area contributed by atoms with Gasteiger partial charge in [0.1, 0.15) is 12.1 Å². The number of hydrogen-bond acceptors (Lipinski definition) is 4. The van der Waals surface area contributed by atoms with Gasteiger partial charge in [0, 0.05) is 32.4 Å². The van der Waals surface area contributed by atoms with Crippen LogP contribution in [0.3, 0.4) is 0 Å². The van der Waals surface area contributed by atoms with E-state index in [9.17, 15) is 22.8 Å². The standard InChI is InChI=1S/C15H21F3N4O3/c1-14(2,3)25-13(24)21-8-6-20(7-9-21)12(23)10-22-5-4-11(19-22)15(16,17)18/h4-5H,6-10H2,1-3H3. The predicted molar refractivity (Wildman–Crippen MR) is 81.6 cm³/mol. The molecule has 1 saturated heterocycles. The van der Waals surface area contributed by atoms with E-state index in [0.717, 1.165) is 16.9 Å². The molecule has 0 aromatic carbocycles. The summed E-state index contributed by atoms with van der Waals surface area (Å²) < 4.78 is 43.8. The minimum Gasteiger partial charge on any atom is -0.444 e. The highest BCUT2D eigenvalue weighted by molar-refractivity contribution is 5.76. The van der Waals surface area contributed by atoms with E-state index >= 15 is 0 Å². The van der Waals surface area contributed by atoms with Gasteiger partial charge < -0.3 is 14.5 Å². The summed E-state index contributed by atoms with van der Waals surface area (Å²) in [6.07, 6.45) is -3.85. The molecule has 0 N–H and O–H groups in total. The third kappa shape index (κ3) is 5.36. The summed E-state index contributed by atoms with van der Waals surface area (Å²) in [5.74, 6) is -0.347. The van der Waals surface area contributed by atoms with Gasteiger partial charge in [0.2, 0.25) is 5.91 Å². The van der Waals surface area contributed by atoms with E-state index in [4.69, 9.17) is 4.74 Å². The second-order valence-corrected chi connectivity index (χ2v) is 6.74. The van der Waals surface area contributed by atoms with Crippen molar-refractivity contribution in [2.24, 2.45) is 0 Å². The molecule has 2 heterocycles. The minimum absolute atomic E-state index is 0.275. The van der Waals surface area contributed by atoms with Crippen LogP contribution in [0.1, 0.15) is 26.5 Å². The van der Waals surface area contributed by atoms with Gasteiger partial charge in [0.05, 0.1) is 0 Å². The summed E-state index contributed by atoms with van der Waals surface area (Å²) in [4.78, 5) is 27.1. The first-order valence-electron chi connectivity index (χ1n) is 7.82. The number of piperazine rings is 1. The van der Waals surface area contributed by atoms with E-state index in [1.165, 1.54) is 9.80 Å². The van der Waals surface area contributed by atoms with Crippen LogP contribution in [0.5, 0.6) is 0 Å². The first-order chi connectivity index (χ1) is 11.5. The fourth-order valence-corrected chi connectivity index (χ4v) is 2.30. The van der Waals surface area contributed by atoms with Crippen LogP contribution < -0.4 is 0 Å². The predicted octanol–water partition coefficient (Wildman–Crippen LogP) is 1.98. The van der Waals surface area contributed by atoms with Crippen LogP contribution in [0.15, 0.2) is 12.3 Å². The molecular formula is C15H21F3N4O3. The largest absolute Gasteiger partial charge is 0.444 e. The molecule has 0 unspecified atom stereocenters. The van der Waals surface area contributed by atoms with Gasteiger partial charge in [-0.1, -0.05) is 0 Å². The Morgan fingerprint density at radius 1 is 1.12 bits per heavy atom. The molecule has 1 fully saturated rings. The number of aromatic nitrogens is 2. The average molecular weight is 362 g/mol. The number of carbonyl (C=O) groups excluding carboxylic acids is 2. The maximum absolute atomic E-state index is 12.5. The van der Waals surface area contributed by atoms with E-state index in [-0.39, 0.29) is 12.5 Å². The third-order valence-electron chi connectivity index (χ3n) is 3.51. The number of nitrogens with zero attached hydrogens (tertiary/aromatic N) is 4. The van der Waals surface area contributed by atoms with Crippen LogP contribution in [-0.2, 0) is 22.3 Å². The van der Waals surface area contributed by atoms with Gasteiger partial charge in [-0.2, -0.15) is 18.3 Å². The van der Waals surface area contributed by atoms with Gasteiger partial charge in [0.25, 0.3) is 0 Å². The van der Waals surface area contributed by atoms with Crippen molar-refractivity contribution in [2.45, 2.75) is 39.1 Å². The fraction of sp³-hybridized carbons (Fsp3) is 0.667. The monoisotopic (exact) mass is 362 g/mol. The molecule has 10 heteroatoms. The summed E-state index contributed by atoms with van der Waals surface area (Å²) in [7, 11) is 0. The van der Waals surface area contributed by atoms with Crippen LogP contribution in [-0.4, -0.2) is 63.4 Å². The molecule has 7 nitrogen and oxygen atoms in total. The van der Waals surface area contributed by atoms with Crippen molar-refractivity contribution in [3.8, 4) is 0 Å². The quantitative estimate of drug-likeness (QED) is 0.807. The number of rotatable bonds is 2. The average Bonchev–Trinajstić information content (AvgIpc) is 2.94. The van der Waals surface area contributed by atoms with Gasteiger partial charge in [-0.25, -0.2) is 4.79 Å². The number of amides is 2. The Morgan fingerprint density at radius 3 is 2.16 bits per heavy atom. The zero-order chi connectivity index (χ0) is 18.8.